The zero-order valence-electron chi connectivity index (χ0n) is 11.2. The Labute approximate surface area is 134 Å². The van der Waals surface area contributed by atoms with Gasteiger partial charge in [0.15, 0.2) is 0 Å². The summed E-state index contributed by atoms with van der Waals surface area (Å²) < 4.78 is 6.56. The number of carbonyl (C=O) groups is 1. The molecule has 1 amide bonds. The van der Waals surface area contributed by atoms with Crippen LogP contribution < -0.4 is 15.4 Å². The quantitative estimate of drug-likeness (QED) is 0.790. The van der Waals surface area contributed by atoms with E-state index in [0.717, 1.165) is 36.2 Å². The fraction of sp³-hybridized carbons (Fsp3) is 0.500. The minimum absolute atomic E-state index is 0. The second-order valence-electron chi connectivity index (χ2n) is 4.62. The Kier molecular flexibility index (Phi) is 7.95. The molecule has 0 aliphatic carbocycles. The first-order chi connectivity index (χ1) is 9.25. The number of benzene rings is 1. The number of halogens is 2. The Balaban J connectivity index is 0.00000200. The minimum atomic E-state index is 0. The van der Waals surface area contributed by atoms with Crippen LogP contribution in [0.15, 0.2) is 28.7 Å². The maximum absolute atomic E-state index is 11.9. The van der Waals surface area contributed by atoms with Gasteiger partial charge in [-0.3, -0.25) is 4.79 Å². The van der Waals surface area contributed by atoms with Crippen molar-refractivity contribution in [3.8, 4) is 5.75 Å². The lowest BCUT2D eigenvalue weighted by atomic mass is 9.97. The van der Waals surface area contributed by atoms with E-state index in [1.54, 1.807) is 0 Å². The molecule has 20 heavy (non-hydrogen) atoms. The van der Waals surface area contributed by atoms with Crippen LogP contribution in [-0.4, -0.2) is 32.1 Å². The molecule has 0 spiro atoms. The molecule has 4 nitrogen and oxygen atoms in total. The van der Waals surface area contributed by atoms with Gasteiger partial charge in [0.05, 0.1) is 6.54 Å². The maximum Gasteiger partial charge on any atom is 0.223 e. The fourth-order valence-corrected chi connectivity index (χ4v) is 2.51. The molecule has 2 N–H and O–H groups in total. The number of hydrogen-bond acceptors (Lipinski definition) is 3. The van der Waals surface area contributed by atoms with Gasteiger partial charge in [-0.15, -0.1) is 12.4 Å². The van der Waals surface area contributed by atoms with Crippen molar-refractivity contribution in [1.29, 1.82) is 0 Å². The van der Waals surface area contributed by atoms with E-state index >= 15 is 0 Å². The second-order valence-corrected chi connectivity index (χ2v) is 5.54. The molecule has 0 saturated carbocycles. The summed E-state index contributed by atoms with van der Waals surface area (Å²) in [7, 11) is 0. The van der Waals surface area contributed by atoms with E-state index in [2.05, 4.69) is 26.6 Å². The molecule has 0 bridgehead atoms. The van der Waals surface area contributed by atoms with Crippen LogP contribution in [-0.2, 0) is 4.79 Å². The molecular weight excluding hydrogens is 344 g/mol. The van der Waals surface area contributed by atoms with Gasteiger partial charge in [0.25, 0.3) is 0 Å². The predicted octanol–water partition coefficient (Wildman–Crippen LogP) is 2.37. The highest BCUT2D eigenvalue weighted by atomic mass is 79.9. The minimum Gasteiger partial charge on any atom is -0.492 e. The molecule has 0 aromatic heterocycles. The molecule has 1 aromatic carbocycles. The van der Waals surface area contributed by atoms with Crippen molar-refractivity contribution in [2.45, 2.75) is 12.8 Å². The van der Waals surface area contributed by atoms with E-state index in [9.17, 15) is 4.79 Å². The predicted molar refractivity (Wildman–Crippen MR) is 85.5 cm³/mol. The molecule has 1 aliphatic heterocycles. The Morgan fingerprint density at radius 1 is 1.40 bits per heavy atom. The number of ether oxygens (including phenoxy) is 1. The highest BCUT2D eigenvalue weighted by Gasteiger charge is 2.20. The maximum atomic E-state index is 11.9. The van der Waals surface area contributed by atoms with Crippen LogP contribution in [0.5, 0.6) is 5.75 Å². The van der Waals surface area contributed by atoms with Gasteiger partial charge in [0, 0.05) is 10.4 Å². The zero-order chi connectivity index (χ0) is 13.5. The van der Waals surface area contributed by atoms with Crippen molar-refractivity contribution in [2.24, 2.45) is 5.92 Å². The summed E-state index contributed by atoms with van der Waals surface area (Å²) >= 11 is 3.39. The average Bonchev–Trinajstić information content (AvgIpc) is 2.44. The van der Waals surface area contributed by atoms with Crippen LogP contribution in [0.25, 0.3) is 0 Å². The van der Waals surface area contributed by atoms with Gasteiger partial charge in [0.1, 0.15) is 12.4 Å². The van der Waals surface area contributed by atoms with Crippen molar-refractivity contribution in [3.63, 3.8) is 0 Å². The summed E-state index contributed by atoms with van der Waals surface area (Å²) in [5.74, 6) is 1.12. The van der Waals surface area contributed by atoms with Crippen LogP contribution in [0.4, 0.5) is 0 Å². The molecule has 112 valence electrons. The van der Waals surface area contributed by atoms with Gasteiger partial charge in [-0.2, -0.15) is 0 Å². The van der Waals surface area contributed by atoms with Gasteiger partial charge < -0.3 is 15.4 Å². The fourth-order valence-electron chi connectivity index (χ4n) is 2.13. The van der Waals surface area contributed by atoms with Gasteiger partial charge in [-0.25, -0.2) is 0 Å². The molecule has 1 saturated heterocycles. The van der Waals surface area contributed by atoms with Crippen molar-refractivity contribution in [2.75, 3.05) is 26.2 Å². The van der Waals surface area contributed by atoms with E-state index in [4.69, 9.17) is 4.74 Å². The smallest absolute Gasteiger partial charge is 0.223 e. The lowest BCUT2D eigenvalue weighted by molar-refractivity contribution is -0.125. The third-order valence-electron chi connectivity index (χ3n) is 3.18. The van der Waals surface area contributed by atoms with Crippen molar-refractivity contribution in [3.05, 3.63) is 28.7 Å². The summed E-state index contributed by atoms with van der Waals surface area (Å²) in [5.41, 5.74) is 0. The first-order valence-corrected chi connectivity index (χ1v) is 7.42. The largest absolute Gasteiger partial charge is 0.492 e. The lowest BCUT2D eigenvalue weighted by Gasteiger charge is -2.21. The number of hydrogen-bond donors (Lipinski definition) is 2. The third-order valence-corrected chi connectivity index (χ3v) is 3.67. The molecule has 2 rings (SSSR count). The van der Waals surface area contributed by atoms with E-state index in [0.29, 0.717) is 13.2 Å². The van der Waals surface area contributed by atoms with Gasteiger partial charge in [0.2, 0.25) is 5.91 Å². The summed E-state index contributed by atoms with van der Waals surface area (Å²) in [6, 6.07) is 7.69. The standard InChI is InChI=1S/C14H19BrN2O2.ClH/c15-12-2-1-3-13(10-12)19-9-8-17-14(18)11-4-6-16-7-5-11;/h1-3,10-11,16H,4-9H2,(H,17,18);1H. The Morgan fingerprint density at radius 3 is 2.85 bits per heavy atom. The number of piperidine rings is 1. The molecule has 6 heteroatoms. The van der Waals surface area contributed by atoms with Gasteiger partial charge in [-0.1, -0.05) is 22.0 Å². The van der Waals surface area contributed by atoms with E-state index in [-0.39, 0.29) is 24.2 Å². The Hall–Kier alpha value is -0.780. The highest BCUT2D eigenvalue weighted by Crippen LogP contribution is 2.17. The van der Waals surface area contributed by atoms with Crippen molar-refractivity contribution < 1.29 is 9.53 Å². The molecule has 1 aromatic rings. The van der Waals surface area contributed by atoms with E-state index < -0.39 is 0 Å². The van der Waals surface area contributed by atoms with Crippen molar-refractivity contribution >= 4 is 34.2 Å². The van der Waals surface area contributed by atoms with Crippen LogP contribution in [0.3, 0.4) is 0 Å². The number of amides is 1. The van der Waals surface area contributed by atoms with Crippen molar-refractivity contribution in [1.82, 2.24) is 10.6 Å². The van der Waals surface area contributed by atoms with Crippen LogP contribution in [0.1, 0.15) is 12.8 Å². The molecule has 1 fully saturated rings. The number of nitrogens with one attached hydrogen (secondary N) is 2. The summed E-state index contributed by atoms with van der Waals surface area (Å²) in [6.07, 6.45) is 1.86. The first kappa shape index (κ1) is 17.3. The summed E-state index contributed by atoms with van der Waals surface area (Å²) in [6.45, 7) is 2.92. The third kappa shape index (κ3) is 5.69. The first-order valence-electron chi connectivity index (χ1n) is 6.62. The molecule has 0 unspecified atom stereocenters. The van der Waals surface area contributed by atoms with Crippen LogP contribution in [0, 0.1) is 5.92 Å². The zero-order valence-corrected chi connectivity index (χ0v) is 13.6. The topological polar surface area (TPSA) is 50.4 Å². The van der Waals surface area contributed by atoms with Gasteiger partial charge >= 0.3 is 0 Å². The molecule has 1 heterocycles. The Morgan fingerprint density at radius 2 is 2.15 bits per heavy atom. The van der Waals surface area contributed by atoms with E-state index in [1.165, 1.54) is 0 Å². The Bertz CT molecular complexity index is 425. The van der Waals surface area contributed by atoms with Gasteiger partial charge in [-0.05, 0) is 44.1 Å². The van der Waals surface area contributed by atoms with Crippen LogP contribution >= 0.6 is 28.3 Å². The average molecular weight is 364 g/mol. The summed E-state index contributed by atoms with van der Waals surface area (Å²) in [4.78, 5) is 11.9. The highest BCUT2D eigenvalue weighted by molar-refractivity contribution is 9.10. The van der Waals surface area contributed by atoms with Crippen LogP contribution in [0.2, 0.25) is 0 Å². The molecule has 0 radical (unpaired) electrons. The SMILES string of the molecule is Cl.O=C(NCCOc1cccc(Br)c1)C1CCNCC1. The lowest BCUT2D eigenvalue weighted by Crippen LogP contribution is -2.39. The monoisotopic (exact) mass is 362 g/mol. The summed E-state index contributed by atoms with van der Waals surface area (Å²) in [5, 5.41) is 6.19. The second kappa shape index (κ2) is 9.21. The molecular formula is C14H20BrClN2O2. The van der Waals surface area contributed by atoms with E-state index in [1.807, 2.05) is 24.3 Å². The molecule has 0 atom stereocenters. The molecule has 1 aliphatic rings. The normalized spacial score (nSPS) is 15.2. The number of rotatable bonds is 5. The number of carbonyl (C=O) groups excluding carboxylic acids is 1.